The second-order valence-electron chi connectivity index (χ2n) is 7.67. The van der Waals surface area contributed by atoms with Gasteiger partial charge in [0.25, 0.3) is 0 Å². The first-order chi connectivity index (χ1) is 8.96. The van der Waals surface area contributed by atoms with Gasteiger partial charge in [-0.2, -0.15) is 0 Å². The number of aliphatic hydroxyl groups is 1. The molecule has 1 fully saturated rings. The quantitative estimate of drug-likeness (QED) is 0.881. The molecule has 1 aromatic carbocycles. The third-order valence-electron chi connectivity index (χ3n) is 4.84. The Morgan fingerprint density at radius 1 is 1.15 bits per heavy atom. The highest BCUT2D eigenvalue weighted by molar-refractivity contribution is 5.34. The fourth-order valence-electron chi connectivity index (χ4n) is 3.70. The molecule has 2 rings (SSSR count). The Morgan fingerprint density at radius 2 is 1.75 bits per heavy atom. The zero-order chi connectivity index (χ0) is 15.3. The van der Waals surface area contributed by atoms with Crippen molar-refractivity contribution in [2.24, 2.45) is 5.92 Å². The Bertz CT molecular complexity index is 512. The number of hydrogen-bond donors (Lipinski definition) is 1. The van der Waals surface area contributed by atoms with Crippen LogP contribution in [0.4, 0.5) is 0 Å². The molecule has 0 radical (unpaired) electrons. The molecule has 1 heterocycles. The zero-order valence-corrected chi connectivity index (χ0v) is 13.9. The van der Waals surface area contributed by atoms with Crippen molar-refractivity contribution < 1.29 is 9.84 Å². The average Bonchev–Trinajstić information content (AvgIpc) is 2.51. The van der Waals surface area contributed by atoms with Gasteiger partial charge in [0.05, 0.1) is 16.8 Å². The van der Waals surface area contributed by atoms with Crippen molar-refractivity contribution in [3.63, 3.8) is 0 Å². The summed E-state index contributed by atoms with van der Waals surface area (Å²) >= 11 is 0. The van der Waals surface area contributed by atoms with E-state index in [-0.39, 0.29) is 17.1 Å². The van der Waals surface area contributed by atoms with Gasteiger partial charge >= 0.3 is 0 Å². The third-order valence-corrected chi connectivity index (χ3v) is 4.84. The van der Waals surface area contributed by atoms with Gasteiger partial charge in [-0.05, 0) is 71.6 Å². The number of hydrogen-bond acceptors (Lipinski definition) is 2. The summed E-state index contributed by atoms with van der Waals surface area (Å²) in [5.74, 6) is 0.0760. The highest BCUT2D eigenvalue weighted by atomic mass is 16.5. The van der Waals surface area contributed by atoms with Gasteiger partial charge < -0.3 is 9.84 Å². The molecule has 0 spiro atoms. The van der Waals surface area contributed by atoms with Crippen molar-refractivity contribution in [2.45, 2.75) is 71.7 Å². The van der Waals surface area contributed by atoms with Crippen LogP contribution in [0.3, 0.4) is 0 Å². The number of benzene rings is 1. The maximum Gasteiger partial charge on any atom is 0.0925 e. The van der Waals surface area contributed by atoms with E-state index in [9.17, 15) is 5.11 Å². The van der Waals surface area contributed by atoms with Crippen LogP contribution in [0.25, 0.3) is 0 Å². The van der Waals surface area contributed by atoms with Crippen LogP contribution in [0.1, 0.15) is 57.7 Å². The highest BCUT2D eigenvalue weighted by Crippen LogP contribution is 2.50. The van der Waals surface area contributed by atoms with Gasteiger partial charge in [-0.1, -0.05) is 18.2 Å². The second kappa shape index (κ2) is 4.57. The normalized spacial score (nSPS) is 27.3. The van der Waals surface area contributed by atoms with Gasteiger partial charge in [-0.25, -0.2) is 0 Å². The van der Waals surface area contributed by atoms with E-state index in [1.165, 1.54) is 11.1 Å². The fraction of sp³-hybridized carbons (Fsp3) is 0.667. The first kappa shape index (κ1) is 15.5. The predicted molar refractivity (Wildman–Crippen MR) is 82.8 cm³/mol. The predicted octanol–water partition coefficient (Wildman–Crippen LogP) is 4.10. The minimum absolute atomic E-state index is 0.0760. The van der Waals surface area contributed by atoms with E-state index < -0.39 is 5.60 Å². The summed E-state index contributed by atoms with van der Waals surface area (Å²) in [6.45, 7) is 14.5. The minimum atomic E-state index is -0.879. The molecule has 2 heteroatoms. The fourth-order valence-corrected chi connectivity index (χ4v) is 3.70. The maximum atomic E-state index is 11.2. The lowest BCUT2D eigenvalue weighted by molar-refractivity contribution is -0.110. The number of rotatable bonds is 2. The minimum Gasteiger partial charge on any atom is -0.385 e. The summed E-state index contributed by atoms with van der Waals surface area (Å²) in [7, 11) is 0. The molecule has 2 nitrogen and oxygen atoms in total. The lowest BCUT2D eigenvalue weighted by Gasteiger charge is -2.38. The van der Waals surface area contributed by atoms with Crippen LogP contribution in [-0.2, 0) is 10.3 Å². The molecule has 1 saturated heterocycles. The zero-order valence-electron chi connectivity index (χ0n) is 13.9. The summed E-state index contributed by atoms with van der Waals surface area (Å²) in [5.41, 5.74) is 2.07. The van der Waals surface area contributed by atoms with E-state index in [2.05, 4.69) is 53.7 Å². The molecule has 1 aliphatic rings. The Hall–Kier alpha value is -0.860. The van der Waals surface area contributed by atoms with E-state index in [1.54, 1.807) is 0 Å². The van der Waals surface area contributed by atoms with Crippen LogP contribution in [0.2, 0.25) is 0 Å². The highest BCUT2D eigenvalue weighted by Gasteiger charge is 2.53. The molecule has 0 aliphatic carbocycles. The molecule has 20 heavy (non-hydrogen) atoms. The third kappa shape index (κ3) is 2.64. The molecule has 112 valence electrons. The van der Waals surface area contributed by atoms with Gasteiger partial charge in [-0.3, -0.25) is 0 Å². The van der Waals surface area contributed by atoms with Crippen LogP contribution in [0.5, 0.6) is 0 Å². The van der Waals surface area contributed by atoms with Crippen molar-refractivity contribution in [1.29, 1.82) is 0 Å². The van der Waals surface area contributed by atoms with Gasteiger partial charge in [0.2, 0.25) is 0 Å². The maximum absolute atomic E-state index is 11.2. The Kier molecular flexibility index (Phi) is 3.55. The summed E-state index contributed by atoms with van der Waals surface area (Å²) in [5, 5.41) is 11.2. The van der Waals surface area contributed by atoms with Crippen molar-refractivity contribution in [2.75, 3.05) is 0 Å². The van der Waals surface area contributed by atoms with Crippen LogP contribution < -0.4 is 0 Å². The molecule has 2 unspecified atom stereocenters. The van der Waals surface area contributed by atoms with E-state index in [0.29, 0.717) is 0 Å². The summed E-state index contributed by atoms with van der Waals surface area (Å²) in [6.07, 6.45) is 0.861. The van der Waals surface area contributed by atoms with Crippen molar-refractivity contribution in [3.8, 4) is 0 Å². The summed E-state index contributed by atoms with van der Waals surface area (Å²) in [4.78, 5) is 0. The molecule has 1 N–H and O–H groups in total. The van der Waals surface area contributed by atoms with Crippen molar-refractivity contribution in [3.05, 3.63) is 34.9 Å². The first-order valence-electron chi connectivity index (χ1n) is 7.46. The second-order valence-corrected chi connectivity index (χ2v) is 7.67. The smallest absolute Gasteiger partial charge is 0.0925 e. The Morgan fingerprint density at radius 3 is 2.20 bits per heavy atom. The van der Waals surface area contributed by atoms with Crippen LogP contribution in [0.15, 0.2) is 18.2 Å². The van der Waals surface area contributed by atoms with Crippen molar-refractivity contribution in [1.82, 2.24) is 0 Å². The Labute approximate surface area is 123 Å². The average molecular weight is 276 g/mol. The van der Waals surface area contributed by atoms with Gasteiger partial charge in [0.15, 0.2) is 0 Å². The molecule has 2 atom stereocenters. The topological polar surface area (TPSA) is 29.5 Å². The summed E-state index contributed by atoms with van der Waals surface area (Å²) < 4.78 is 6.15. The molecule has 0 amide bonds. The molecular weight excluding hydrogens is 248 g/mol. The largest absolute Gasteiger partial charge is 0.385 e. The first-order valence-corrected chi connectivity index (χ1v) is 7.46. The van der Waals surface area contributed by atoms with E-state index in [4.69, 9.17) is 4.74 Å². The van der Waals surface area contributed by atoms with E-state index in [1.807, 2.05) is 13.0 Å². The van der Waals surface area contributed by atoms with Crippen LogP contribution in [-0.4, -0.2) is 16.3 Å². The Balaban J connectivity index is 2.41. The van der Waals surface area contributed by atoms with Crippen LogP contribution in [0, 0.1) is 19.8 Å². The lowest BCUT2D eigenvalue weighted by atomic mass is 9.72. The lowest BCUT2D eigenvalue weighted by Crippen LogP contribution is -2.42. The summed E-state index contributed by atoms with van der Waals surface area (Å²) in [6, 6.07) is 6.24. The monoisotopic (exact) mass is 276 g/mol. The molecule has 0 bridgehead atoms. The van der Waals surface area contributed by atoms with Gasteiger partial charge in [0.1, 0.15) is 0 Å². The standard InChI is InChI=1S/C18H28O2/c1-12-8-9-14(10-13(12)2)18(7,19)15-11-16(3,4)20-17(15,5)6/h8-10,15,19H,11H2,1-7H3. The molecular formula is C18H28O2. The van der Waals surface area contributed by atoms with Crippen molar-refractivity contribution >= 4 is 0 Å². The van der Waals surface area contributed by atoms with Crippen LogP contribution >= 0.6 is 0 Å². The SMILES string of the molecule is Cc1ccc(C(C)(O)C2CC(C)(C)OC2(C)C)cc1C. The van der Waals surface area contributed by atoms with Gasteiger partial charge in [0, 0.05) is 5.92 Å². The molecule has 1 aromatic rings. The van der Waals surface area contributed by atoms with E-state index in [0.717, 1.165) is 12.0 Å². The van der Waals surface area contributed by atoms with Gasteiger partial charge in [-0.15, -0.1) is 0 Å². The number of ether oxygens (including phenoxy) is 1. The number of aryl methyl sites for hydroxylation is 2. The van der Waals surface area contributed by atoms with E-state index >= 15 is 0 Å². The molecule has 1 aliphatic heterocycles. The molecule has 0 aromatic heterocycles. The molecule has 0 saturated carbocycles.